The van der Waals surface area contributed by atoms with Crippen molar-refractivity contribution in [3.05, 3.63) is 41.0 Å². The van der Waals surface area contributed by atoms with Crippen LogP contribution in [-0.2, 0) is 15.8 Å². The zero-order chi connectivity index (χ0) is 28.4. The van der Waals surface area contributed by atoms with E-state index in [4.69, 9.17) is 5.11 Å². The van der Waals surface area contributed by atoms with Crippen LogP contribution in [0.2, 0.25) is 0 Å². The second kappa shape index (κ2) is 11.4. The van der Waals surface area contributed by atoms with Gasteiger partial charge in [-0.05, 0) is 67.6 Å². The Bertz CT molecular complexity index is 1150. The first-order chi connectivity index (χ1) is 17.6. The lowest BCUT2D eigenvalue weighted by molar-refractivity contribution is -0.147. The molecule has 7 nitrogen and oxygen atoms in total. The minimum atomic E-state index is -4.80. The standard InChI is InChI=1S/C27H36F4N4O3/c1-15(2)26(4,5)14-17-11-19(12-17)35-25(27(29,30)31)24(33-34-35)18(7-9-23(37)38)13-22(36)32-21-8-6-16(3)10-20(21)28/h6,8,10,15,17-19H,7,9,11-14H2,1-5H3,(H,32,36)(H,37,38)/t17?,18-,19?/m0/s1. The van der Waals surface area contributed by atoms with Gasteiger partial charge in [-0.3, -0.25) is 9.59 Å². The molecule has 0 aliphatic heterocycles. The predicted molar refractivity (Wildman–Crippen MR) is 134 cm³/mol. The SMILES string of the molecule is Cc1ccc(NC(=O)C[C@H](CCC(=O)O)c2nnn(C3CC(CC(C)(C)C(C)C)C3)c2C(F)(F)F)c(F)c1. The number of alkyl halides is 3. The maximum Gasteiger partial charge on any atom is 0.434 e. The number of carbonyl (C=O) groups excluding carboxylic acids is 1. The average molecular weight is 541 g/mol. The van der Waals surface area contributed by atoms with Gasteiger partial charge in [-0.15, -0.1) is 5.10 Å². The van der Waals surface area contributed by atoms with Crippen molar-refractivity contribution in [3.8, 4) is 0 Å². The Kier molecular flexibility index (Phi) is 8.88. The molecule has 38 heavy (non-hydrogen) atoms. The zero-order valence-corrected chi connectivity index (χ0v) is 22.4. The number of nitrogens with zero attached hydrogens (tertiary/aromatic N) is 3. The number of amides is 1. The highest BCUT2D eigenvalue weighted by Crippen LogP contribution is 2.48. The van der Waals surface area contributed by atoms with Gasteiger partial charge in [0.1, 0.15) is 5.82 Å². The van der Waals surface area contributed by atoms with Gasteiger partial charge in [0.25, 0.3) is 0 Å². The fourth-order valence-electron chi connectivity index (χ4n) is 4.94. The molecule has 1 aromatic carbocycles. The van der Waals surface area contributed by atoms with Crippen molar-refractivity contribution < 1.29 is 32.3 Å². The largest absolute Gasteiger partial charge is 0.481 e. The first-order valence-electron chi connectivity index (χ1n) is 12.9. The van der Waals surface area contributed by atoms with Gasteiger partial charge in [0, 0.05) is 18.8 Å². The third-order valence-corrected chi connectivity index (χ3v) is 7.85. The number of aromatic nitrogens is 3. The molecule has 1 aliphatic carbocycles. The Morgan fingerprint density at radius 1 is 1.21 bits per heavy atom. The fourth-order valence-corrected chi connectivity index (χ4v) is 4.94. The number of carbonyl (C=O) groups is 2. The molecule has 1 atom stereocenters. The van der Waals surface area contributed by atoms with Crippen molar-refractivity contribution >= 4 is 17.6 Å². The molecule has 0 radical (unpaired) electrons. The van der Waals surface area contributed by atoms with Crippen LogP contribution in [0, 0.1) is 30.0 Å². The summed E-state index contributed by atoms with van der Waals surface area (Å²) in [6.07, 6.45) is -4.06. The molecule has 1 amide bonds. The van der Waals surface area contributed by atoms with E-state index < -0.39 is 60.1 Å². The van der Waals surface area contributed by atoms with Crippen LogP contribution in [0.15, 0.2) is 18.2 Å². The molecule has 0 spiro atoms. The zero-order valence-electron chi connectivity index (χ0n) is 22.4. The third kappa shape index (κ3) is 7.11. The third-order valence-electron chi connectivity index (χ3n) is 7.85. The first kappa shape index (κ1) is 29.6. The molecule has 1 saturated carbocycles. The van der Waals surface area contributed by atoms with Crippen molar-refractivity contribution in [1.82, 2.24) is 15.0 Å². The summed E-state index contributed by atoms with van der Waals surface area (Å²) in [5.74, 6) is -3.10. The number of hydrogen-bond donors (Lipinski definition) is 2. The van der Waals surface area contributed by atoms with E-state index in [9.17, 15) is 27.2 Å². The highest BCUT2D eigenvalue weighted by Gasteiger charge is 2.46. The van der Waals surface area contributed by atoms with Crippen LogP contribution in [0.5, 0.6) is 0 Å². The summed E-state index contributed by atoms with van der Waals surface area (Å²) in [7, 11) is 0. The molecule has 1 fully saturated rings. The normalized spacial score (nSPS) is 18.8. The number of aryl methyl sites for hydroxylation is 1. The molecule has 0 bridgehead atoms. The molecule has 1 aromatic heterocycles. The number of carboxylic acid groups (broad SMARTS) is 1. The number of benzene rings is 1. The van der Waals surface area contributed by atoms with Crippen LogP contribution in [0.4, 0.5) is 23.2 Å². The van der Waals surface area contributed by atoms with Gasteiger partial charge in [0.2, 0.25) is 5.91 Å². The Hall–Kier alpha value is -2.98. The summed E-state index contributed by atoms with van der Waals surface area (Å²) >= 11 is 0. The number of nitrogens with one attached hydrogen (secondary N) is 1. The van der Waals surface area contributed by atoms with Crippen molar-refractivity contribution in [3.63, 3.8) is 0 Å². The average Bonchev–Trinajstić information content (AvgIpc) is 3.20. The van der Waals surface area contributed by atoms with Crippen molar-refractivity contribution in [2.24, 2.45) is 17.3 Å². The summed E-state index contributed by atoms with van der Waals surface area (Å²) in [6.45, 7) is 10.2. The Balaban J connectivity index is 1.83. The van der Waals surface area contributed by atoms with Gasteiger partial charge in [-0.1, -0.05) is 39.0 Å². The van der Waals surface area contributed by atoms with E-state index in [2.05, 4.69) is 43.3 Å². The monoisotopic (exact) mass is 540 g/mol. The van der Waals surface area contributed by atoms with Crippen LogP contribution in [0.3, 0.4) is 0 Å². The van der Waals surface area contributed by atoms with Gasteiger partial charge >= 0.3 is 12.1 Å². The lowest BCUT2D eigenvalue weighted by Gasteiger charge is -2.42. The fraction of sp³-hybridized carbons (Fsp3) is 0.630. The smallest absolute Gasteiger partial charge is 0.434 e. The molecule has 11 heteroatoms. The van der Waals surface area contributed by atoms with Crippen molar-refractivity contribution in [2.45, 2.75) is 91.3 Å². The van der Waals surface area contributed by atoms with E-state index in [1.807, 2.05) is 0 Å². The summed E-state index contributed by atoms with van der Waals surface area (Å²) in [5, 5.41) is 19.2. The molecule has 1 aliphatic rings. The van der Waals surface area contributed by atoms with Gasteiger partial charge in [-0.25, -0.2) is 9.07 Å². The minimum absolute atomic E-state index is 0.0578. The number of rotatable bonds is 11. The molecule has 2 aromatic rings. The molecule has 3 rings (SSSR count). The van der Waals surface area contributed by atoms with E-state index >= 15 is 0 Å². The van der Waals surface area contributed by atoms with Crippen LogP contribution in [0.25, 0.3) is 0 Å². The number of hydrogen-bond acceptors (Lipinski definition) is 4. The summed E-state index contributed by atoms with van der Waals surface area (Å²) in [6, 6.07) is 3.69. The Morgan fingerprint density at radius 3 is 2.42 bits per heavy atom. The van der Waals surface area contributed by atoms with E-state index in [1.165, 1.54) is 12.1 Å². The number of halogens is 4. The topological polar surface area (TPSA) is 97.1 Å². The van der Waals surface area contributed by atoms with Crippen LogP contribution < -0.4 is 5.32 Å². The summed E-state index contributed by atoms with van der Waals surface area (Å²) in [5.41, 5.74) is -0.917. The summed E-state index contributed by atoms with van der Waals surface area (Å²) in [4.78, 5) is 23.9. The molecular formula is C27H36F4N4O3. The number of carboxylic acids is 1. The second-order valence-electron chi connectivity index (χ2n) is 11.5. The van der Waals surface area contributed by atoms with Gasteiger partial charge < -0.3 is 10.4 Å². The molecule has 2 N–H and O–H groups in total. The number of aliphatic carboxylic acids is 1. The maximum atomic E-state index is 14.3. The molecule has 0 unspecified atom stereocenters. The van der Waals surface area contributed by atoms with E-state index in [0.29, 0.717) is 24.3 Å². The van der Waals surface area contributed by atoms with E-state index in [1.54, 1.807) is 13.0 Å². The Labute approximate surface area is 220 Å². The first-order valence-corrected chi connectivity index (χ1v) is 12.9. The van der Waals surface area contributed by atoms with Gasteiger partial charge in [0.15, 0.2) is 5.69 Å². The van der Waals surface area contributed by atoms with Crippen molar-refractivity contribution in [1.29, 1.82) is 0 Å². The van der Waals surface area contributed by atoms with E-state index in [0.717, 1.165) is 11.1 Å². The minimum Gasteiger partial charge on any atom is -0.481 e. The van der Waals surface area contributed by atoms with Gasteiger partial charge in [0.05, 0.1) is 17.4 Å². The summed E-state index contributed by atoms with van der Waals surface area (Å²) < 4.78 is 58.0. The van der Waals surface area contributed by atoms with Crippen LogP contribution in [-0.4, -0.2) is 32.0 Å². The highest BCUT2D eigenvalue weighted by atomic mass is 19.4. The predicted octanol–water partition coefficient (Wildman–Crippen LogP) is 6.75. The van der Waals surface area contributed by atoms with Crippen LogP contribution in [0.1, 0.15) is 95.1 Å². The van der Waals surface area contributed by atoms with E-state index in [-0.39, 0.29) is 23.4 Å². The molecule has 0 saturated heterocycles. The molecule has 1 heterocycles. The molecule has 210 valence electrons. The highest BCUT2D eigenvalue weighted by molar-refractivity contribution is 5.91. The van der Waals surface area contributed by atoms with Crippen molar-refractivity contribution in [2.75, 3.05) is 5.32 Å². The number of anilines is 1. The second-order valence-corrected chi connectivity index (χ2v) is 11.5. The van der Waals surface area contributed by atoms with Crippen LogP contribution >= 0.6 is 0 Å². The molecular weight excluding hydrogens is 504 g/mol. The lowest BCUT2D eigenvalue weighted by Crippen LogP contribution is -2.34. The quantitative estimate of drug-likeness (QED) is 0.308. The lowest BCUT2D eigenvalue weighted by atomic mass is 9.67. The Morgan fingerprint density at radius 2 is 1.87 bits per heavy atom. The van der Waals surface area contributed by atoms with Gasteiger partial charge in [-0.2, -0.15) is 13.2 Å². The maximum absolute atomic E-state index is 14.3.